The van der Waals surface area contributed by atoms with Crippen molar-refractivity contribution in [1.29, 1.82) is 0 Å². The van der Waals surface area contributed by atoms with Gasteiger partial charge >= 0.3 is 0 Å². The quantitative estimate of drug-likeness (QED) is 0.705. The minimum Gasteiger partial charge on any atom is -0.378 e. The van der Waals surface area contributed by atoms with E-state index in [1.165, 1.54) is 0 Å². The van der Waals surface area contributed by atoms with Crippen LogP contribution in [0.5, 0.6) is 0 Å². The van der Waals surface area contributed by atoms with Gasteiger partial charge in [-0.25, -0.2) is 4.98 Å². The summed E-state index contributed by atoms with van der Waals surface area (Å²) in [4.78, 5) is 6.03. The van der Waals surface area contributed by atoms with Gasteiger partial charge in [0.05, 0.1) is 25.1 Å². The van der Waals surface area contributed by atoms with E-state index < -0.39 is 5.95 Å². The molecule has 0 spiro atoms. The molecule has 88 valence electrons. The molecule has 2 heterocycles. The van der Waals surface area contributed by atoms with Crippen molar-refractivity contribution in [3.8, 4) is 0 Å². The molecule has 1 aromatic carbocycles. The molecule has 0 atom stereocenters. The number of halogens is 1. The van der Waals surface area contributed by atoms with Crippen LogP contribution in [0.1, 0.15) is 0 Å². The Balaban J connectivity index is 2.12. The Morgan fingerprint density at radius 1 is 1.12 bits per heavy atom. The molecule has 0 radical (unpaired) electrons. The van der Waals surface area contributed by atoms with Gasteiger partial charge in [-0.2, -0.15) is 4.39 Å². The molecular formula is C13H13FN2O. The zero-order chi connectivity index (χ0) is 11.7. The molecular weight excluding hydrogens is 219 g/mol. The molecule has 1 aliphatic rings. The average Bonchev–Trinajstić information content (AvgIpc) is 2.41. The summed E-state index contributed by atoms with van der Waals surface area (Å²) in [5, 5.41) is 1.50. The highest BCUT2D eigenvalue weighted by Crippen LogP contribution is 2.27. The lowest BCUT2D eigenvalue weighted by atomic mass is 10.1. The van der Waals surface area contributed by atoms with Crippen LogP contribution in [0.3, 0.4) is 0 Å². The maximum atomic E-state index is 13.6. The minimum absolute atomic E-state index is 0.405. The standard InChI is InChI=1S/C13H13FN2O/c14-13-11-4-2-1-3-10(11)12(9-15-13)16-5-7-17-8-6-16/h1-4,9H,5-8H2. The van der Waals surface area contributed by atoms with Gasteiger partial charge in [0.1, 0.15) is 0 Å². The van der Waals surface area contributed by atoms with Crippen LogP contribution < -0.4 is 4.90 Å². The maximum Gasteiger partial charge on any atom is 0.220 e. The second-order valence-electron chi connectivity index (χ2n) is 4.08. The average molecular weight is 232 g/mol. The van der Waals surface area contributed by atoms with Gasteiger partial charge in [0, 0.05) is 23.9 Å². The molecule has 0 saturated carbocycles. The largest absolute Gasteiger partial charge is 0.378 e. The Hall–Kier alpha value is -1.68. The summed E-state index contributed by atoms with van der Waals surface area (Å²) in [6, 6.07) is 7.45. The van der Waals surface area contributed by atoms with Crippen LogP contribution in [-0.2, 0) is 4.74 Å². The molecule has 17 heavy (non-hydrogen) atoms. The van der Waals surface area contributed by atoms with E-state index in [9.17, 15) is 4.39 Å². The summed E-state index contributed by atoms with van der Waals surface area (Å²) in [5.41, 5.74) is 0.991. The topological polar surface area (TPSA) is 25.4 Å². The SMILES string of the molecule is Fc1ncc(N2CCOCC2)c2ccccc12. The van der Waals surface area contributed by atoms with E-state index in [4.69, 9.17) is 4.74 Å². The number of morpholine rings is 1. The number of fused-ring (bicyclic) bond motifs is 1. The van der Waals surface area contributed by atoms with E-state index in [1.54, 1.807) is 12.3 Å². The van der Waals surface area contributed by atoms with E-state index in [2.05, 4.69) is 9.88 Å². The Morgan fingerprint density at radius 3 is 2.59 bits per heavy atom. The summed E-state index contributed by atoms with van der Waals surface area (Å²) in [5.74, 6) is -0.405. The van der Waals surface area contributed by atoms with Gasteiger partial charge in [0.25, 0.3) is 0 Å². The van der Waals surface area contributed by atoms with Crippen molar-refractivity contribution in [3.63, 3.8) is 0 Å². The van der Waals surface area contributed by atoms with Gasteiger partial charge in [0.2, 0.25) is 5.95 Å². The normalized spacial score (nSPS) is 16.4. The summed E-state index contributed by atoms with van der Waals surface area (Å²) < 4.78 is 18.9. The fraction of sp³-hybridized carbons (Fsp3) is 0.308. The molecule has 0 N–H and O–H groups in total. The van der Waals surface area contributed by atoms with Crippen LogP contribution in [0.4, 0.5) is 10.1 Å². The fourth-order valence-corrected chi connectivity index (χ4v) is 2.20. The Bertz CT molecular complexity index is 538. The number of pyridine rings is 1. The number of anilines is 1. The zero-order valence-corrected chi connectivity index (χ0v) is 9.40. The monoisotopic (exact) mass is 232 g/mol. The first-order valence-electron chi connectivity index (χ1n) is 5.72. The molecule has 3 nitrogen and oxygen atoms in total. The molecule has 0 unspecified atom stereocenters. The Kier molecular flexibility index (Phi) is 2.65. The molecule has 0 bridgehead atoms. The zero-order valence-electron chi connectivity index (χ0n) is 9.40. The highest BCUT2D eigenvalue weighted by molar-refractivity contribution is 5.93. The van der Waals surface area contributed by atoms with E-state index >= 15 is 0 Å². The number of ether oxygens (including phenoxy) is 1. The van der Waals surface area contributed by atoms with Crippen LogP contribution in [0.25, 0.3) is 10.8 Å². The molecule has 0 aliphatic carbocycles. The first kappa shape index (κ1) is 10.5. The van der Waals surface area contributed by atoms with Gasteiger partial charge in [-0.05, 0) is 6.07 Å². The maximum absolute atomic E-state index is 13.6. The second-order valence-corrected chi connectivity index (χ2v) is 4.08. The van der Waals surface area contributed by atoms with Crippen molar-refractivity contribution in [2.45, 2.75) is 0 Å². The van der Waals surface area contributed by atoms with Crippen molar-refractivity contribution < 1.29 is 9.13 Å². The number of benzene rings is 1. The Labute approximate surface area is 98.8 Å². The first-order chi connectivity index (χ1) is 8.36. The summed E-state index contributed by atoms with van der Waals surface area (Å²) in [6.07, 6.45) is 1.61. The molecule has 1 aromatic heterocycles. The highest BCUT2D eigenvalue weighted by Gasteiger charge is 2.15. The van der Waals surface area contributed by atoms with Crippen molar-refractivity contribution in [2.75, 3.05) is 31.2 Å². The lowest BCUT2D eigenvalue weighted by molar-refractivity contribution is 0.123. The number of hydrogen-bond donors (Lipinski definition) is 0. The molecule has 1 saturated heterocycles. The number of nitrogens with zero attached hydrogens (tertiary/aromatic N) is 2. The second kappa shape index (κ2) is 4.30. The van der Waals surface area contributed by atoms with Crippen LogP contribution in [-0.4, -0.2) is 31.3 Å². The predicted octanol–water partition coefficient (Wildman–Crippen LogP) is 2.21. The van der Waals surface area contributed by atoms with E-state index in [1.807, 2.05) is 18.2 Å². The molecule has 4 heteroatoms. The van der Waals surface area contributed by atoms with Gasteiger partial charge < -0.3 is 9.64 Å². The van der Waals surface area contributed by atoms with Crippen LogP contribution in [0, 0.1) is 5.95 Å². The third-order valence-electron chi connectivity index (χ3n) is 3.08. The molecule has 1 fully saturated rings. The minimum atomic E-state index is -0.405. The molecule has 0 amide bonds. The van der Waals surface area contributed by atoms with E-state index in [-0.39, 0.29) is 0 Å². The molecule has 1 aliphatic heterocycles. The smallest absolute Gasteiger partial charge is 0.220 e. The van der Waals surface area contributed by atoms with Crippen LogP contribution >= 0.6 is 0 Å². The van der Waals surface area contributed by atoms with Crippen molar-refractivity contribution >= 4 is 16.5 Å². The molecule has 3 rings (SSSR count). The summed E-state index contributed by atoms with van der Waals surface area (Å²) >= 11 is 0. The Morgan fingerprint density at radius 2 is 1.82 bits per heavy atom. The summed E-state index contributed by atoms with van der Waals surface area (Å²) in [7, 11) is 0. The van der Waals surface area contributed by atoms with Crippen molar-refractivity contribution in [1.82, 2.24) is 4.98 Å². The third kappa shape index (κ3) is 1.85. The predicted molar refractivity (Wildman–Crippen MR) is 64.7 cm³/mol. The fourth-order valence-electron chi connectivity index (χ4n) is 2.20. The van der Waals surface area contributed by atoms with Crippen molar-refractivity contribution in [2.24, 2.45) is 0 Å². The van der Waals surface area contributed by atoms with E-state index in [0.717, 1.165) is 24.2 Å². The first-order valence-corrected chi connectivity index (χ1v) is 5.72. The molecule has 2 aromatic rings. The number of hydrogen-bond acceptors (Lipinski definition) is 3. The number of rotatable bonds is 1. The third-order valence-corrected chi connectivity index (χ3v) is 3.08. The van der Waals surface area contributed by atoms with Gasteiger partial charge in [0.15, 0.2) is 0 Å². The van der Waals surface area contributed by atoms with E-state index in [0.29, 0.717) is 18.6 Å². The van der Waals surface area contributed by atoms with Gasteiger partial charge in [-0.3, -0.25) is 0 Å². The van der Waals surface area contributed by atoms with Gasteiger partial charge in [-0.15, -0.1) is 0 Å². The highest BCUT2D eigenvalue weighted by atomic mass is 19.1. The van der Waals surface area contributed by atoms with Crippen LogP contribution in [0.15, 0.2) is 30.5 Å². The lowest BCUT2D eigenvalue weighted by Crippen LogP contribution is -2.36. The van der Waals surface area contributed by atoms with Gasteiger partial charge in [-0.1, -0.05) is 18.2 Å². The van der Waals surface area contributed by atoms with Crippen molar-refractivity contribution in [3.05, 3.63) is 36.4 Å². The lowest BCUT2D eigenvalue weighted by Gasteiger charge is -2.29. The number of aromatic nitrogens is 1. The summed E-state index contributed by atoms with van der Waals surface area (Å²) in [6.45, 7) is 3.09. The van der Waals surface area contributed by atoms with Crippen LogP contribution in [0.2, 0.25) is 0 Å².